The van der Waals surface area contributed by atoms with Crippen LogP contribution in [0.5, 0.6) is 0 Å². The van der Waals surface area contributed by atoms with Gasteiger partial charge in [0.25, 0.3) is 0 Å². The van der Waals surface area contributed by atoms with Gasteiger partial charge in [0, 0.05) is 12.6 Å². The van der Waals surface area contributed by atoms with Gasteiger partial charge in [-0.3, -0.25) is 4.79 Å². The molecule has 0 bridgehead atoms. The average molecular weight is 365 g/mol. The third kappa shape index (κ3) is 5.16. The van der Waals surface area contributed by atoms with Crippen LogP contribution in [0.2, 0.25) is 0 Å². The number of rotatable bonds is 7. The minimum Gasteiger partial charge on any atom is -0.352 e. The number of sulfonamides is 1. The van der Waals surface area contributed by atoms with Crippen molar-refractivity contribution in [1.82, 2.24) is 9.62 Å². The van der Waals surface area contributed by atoms with Crippen molar-refractivity contribution in [2.45, 2.75) is 50.5 Å². The van der Waals surface area contributed by atoms with E-state index in [1.807, 2.05) is 6.92 Å². The molecule has 1 amide bonds. The molecule has 0 unspecified atom stereocenters. The quantitative estimate of drug-likeness (QED) is 0.757. The first kappa shape index (κ1) is 19.7. The van der Waals surface area contributed by atoms with Crippen molar-refractivity contribution in [2.24, 2.45) is 5.92 Å². The Labute approximate surface area is 151 Å². The number of carbonyl (C=O) groups excluding carboxylic acids is 1. The van der Waals surface area contributed by atoms with E-state index in [-0.39, 0.29) is 29.9 Å². The molecule has 1 N–H and O–H groups in total. The summed E-state index contributed by atoms with van der Waals surface area (Å²) in [5, 5.41) is 3.01. The van der Waals surface area contributed by atoms with Gasteiger partial charge in [0.1, 0.15) is 0 Å². The van der Waals surface area contributed by atoms with Crippen LogP contribution in [0.3, 0.4) is 0 Å². The molecule has 1 saturated carbocycles. The molecule has 0 saturated heterocycles. The van der Waals surface area contributed by atoms with Gasteiger partial charge in [-0.05, 0) is 37.8 Å². The third-order valence-corrected chi connectivity index (χ3v) is 6.60. The average Bonchev–Trinajstić information content (AvgIpc) is 2.57. The van der Waals surface area contributed by atoms with Gasteiger partial charge in [0.2, 0.25) is 15.9 Å². The number of benzene rings is 1. The van der Waals surface area contributed by atoms with Crippen LogP contribution >= 0.6 is 0 Å². The summed E-state index contributed by atoms with van der Waals surface area (Å²) in [5.74, 6) is 0.176. The minimum atomic E-state index is -3.73. The molecule has 2 atom stereocenters. The second-order valence-electron chi connectivity index (χ2n) is 6.84. The Bertz CT molecular complexity index is 698. The molecule has 5 nitrogen and oxygen atoms in total. The molecular formula is C19H28N2O3S. The summed E-state index contributed by atoms with van der Waals surface area (Å²) in [6, 6.07) is 6.78. The van der Waals surface area contributed by atoms with Crippen molar-refractivity contribution in [3.05, 3.63) is 42.5 Å². The highest BCUT2D eigenvalue weighted by Crippen LogP contribution is 2.24. The number of aryl methyl sites for hydroxylation is 1. The first-order valence-electron chi connectivity index (χ1n) is 8.81. The monoisotopic (exact) mass is 364 g/mol. The van der Waals surface area contributed by atoms with Crippen LogP contribution in [-0.2, 0) is 14.8 Å². The maximum absolute atomic E-state index is 12.8. The Kier molecular flexibility index (Phi) is 6.79. The van der Waals surface area contributed by atoms with Crippen LogP contribution in [0.15, 0.2) is 41.8 Å². The van der Waals surface area contributed by atoms with Crippen LogP contribution in [-0.4, -0.2) is 37.8 Å². The largest absolute Gasteiger partial charge is 0.352 e. The fourth-order valence-electron chi connectivity index (χ4n) is 3.19. The van der Waals surface area contributed by atoms with E-state index >= 15 is 0 Å². The summed E-state index contributed by atoms with van der Waals surface area (Å²) >= 11 is 0. The molecule has 25 heavy (non-hydrogen) atoms. The van der Waals surface area contributed by atoms with Crippen LogP contribution in [0.1, 0.15) is 38.2 Å². The van der Waals surface area contributed by atoms with Crippen molar-refractivity contribution in [2.75, 3.05) is 13.1 Å². The van der Waals surface area contributed by atoms with E-state index in [4.69, 9.17) is 0 Å². The minimum absolute atomic E-state index is 0.101. The van der Waals surface area contributed by atoms with E-state index in [9.17, 15) is 13.2 Å². The Balaban J connectivity index is 2.10. The lowest BCUT2D eigenvalue weighted by Gasteiger charge is -2.30. The van der Waals surface area contributed by atoms with E-state index < -0.39 is 10.0 Å². The normalized spacial score (nSPS) is 21.1. The van der Waals surface area contributed by atoms with E-state index in [0.29, 0.717) is 5.92 Å². The molecule has 6 heteroatoms. The van der Waals surface area contributed by atoms with Crippen molar-refractivity contribution < 1.29 is 13.2 Å². The Morgan fingerprint density at radius 1 is 1.28 bits per heavy atom. The smallest absolute Gasteiger partial charge is 0.243 e. The highest BCUT2D eigenvalue weighted by Gasteiger charge is 2.28. The SMILES string of the molecule is C=CCN(CC(=O)N[C@@H]1CCCC[C@@H]1C)S(=O)(=O)c1ccc(C)cc1. The fraction of sp³-hybridized carbons (Fsp3) is 0.526. The van der Waals surface area contributed by atoms with E-state index in [1.165, 1.54) is 16.8 Å². The Morgan fingerprint density at radius 3 is 2.52 bits per heavy atom. The molecule has 1 fully saturated rings. The Morgan fingerprint density at radius 2 is 1.92 bits per heavy atom. The lowest BCUT2D eigenvalue weighted by atomic mass is 9.86. The number of carbonyl (C=O) groups is 1. The van der Waals surface area contributed by atoms with Crippen LogP contribution in [0, 0.1) is 12.8 Å². The van der Waals surface area contributed by atoms with Crippen molar-refractivity contribution in [3.63, 3.8) is 0 Å². The highest BCUT2D eigenvalue weighted by atomic mass is 32.2. The molecule has 0 heterocycles. The van der Waals surface area contributed by atoms with Crippen LogP contribution in [0.25, 0.3) is 0 Å². The van der Waals surface area contributed by atoms with Crippen LogP contribution < -0.4 is 5.32 Å². The molecule has 1 aromatic carbocycles. The molecule has 2 rings (SSSR count). The predicted octanol–water partition coefficient (Wildman–Crippen LogP) is 2.87. The van der Waals surface area contributed by atoms with Crippen molar-refractivity contribution >= 4 is 15.9 Å². The van der Waals surface area contributed by atoms with E-state index in [1.54, 1.807) is 24.3 Å². The molecule has 0 aliphatic heterocycles. The lowest BCUT2D eigenvalue weighted by molar-refractivity contribution is -0.122. The van der Waals surface area contributed by atoms with Gasteiger partial charge >= 0.3 is 0 Å². The number of amides is 1. The van der Waals surface area contributed by atoms with Gasteiger partial charge in [0.15, 0.2) is 0 Å². The second kappa shape index (κ2) is 8.63. The maximum Gasteiger partial charge on any atom is 0.243 e. The standard InChI is InChI=1S/C19H28N2O3S/c1-4-13-21(25(23,24)17-11-9-15(2)10-12-17)14-19(22)20-18-8-6-5-7-16(18)3/h4,9-12,16,18H,1,5-8,13-14H2,2-3H3,(H,20,22)/t16-,18+/m0/s1. The van der Waals surface area contributed by atoms with E-state index in [0.717, 1.165) is 24.8 Å². The fourth-order valence-corrected chi connectivity index (χ4v) is 4.56. The van der Waals surface area contributed by atoms with Crippen molar-refractivity contribution in [1.29, 1.82) is 0 Å². The molecule has 0 spiro atoms. The third-order valence-electron chi connectivity index (χ3n) is 4.77. The maximum atomic E-state index is 12.8. The van der Waals surface area contributed by atoms with Gasteiger partial charge in [-0.1, -0.05) is 43.5 Å². The summed E-state index contributed by atoms with van der Waals surface area (Å²) in [6.45, 7) is 7.56. The van der Waals surface area contributed by atoms with Crippen molar-refractivity contribution in [3.8, 4) is 0 Å². The molecule has 1 aliphatic rings. The number of hydrogen-bond donors (Lipinski definition) is 1. The van der Waals surface area contributed by atoms with Crippen LogP contribution in [0.4, 0.5) is 0 Å². The number of nitrogens with zero attached hydrogens (tertiary/aromatic N) is 1. The summed E-state index contributed by atoms with van der Waals surface area (Å²) in [4.78, 5) is 12.6. The van der Waals surface area contributed by atoms with Gasteiger partial charge < -0.3 is 5.32 Å². The first-order valence-corrected chi connectivity index (χ1v) is 10.3. The van der Waals surface area contributed by atoms with E-state index in [2.05, 4.69) is 18.8 Å². The topological polar surface area (TPSA) is 66.5 Å². The summed E-state index contributed by atoms with van der Waals surface area (Å²) < 4.78 is 26.8. The molecule has 0 aromatic heterocycles. The summed E-state index contributed by atoms with van der Waals surface area (Å²) in [6.07, 6.45) is 5.86. The van der Waals surface area contributed by atoms with Gasteiger partial charge in [0.05, 0.1) is 11.4 Å². The molecular weight excluding hydrogens is 336 g/mol. The van der Waals surface area contributed by atoms with Gasteiger partial charge in [-0.25, -0.2) is 8.42 Å². The summed E-state index contributed by atoms with van der Waals surface area (Å²) in [5.41, 5.74) is 0.984. The molecule has 1 aliphatic carbocycles. The highest BCUT2D eigenvalue weighted by molar-refractivity contribution is 7.89. The second-order valence-corrected chi connectivity index (χ2v) is 8.77. The zero-order chi connectivity index (χ0) is 18.4. The number of nitrogens with one attached hydrogen (secondary N) is 1. The zero-order valence-electron chi connectivity index (χ0n) is 15.1. The lowest BCUT2D eigenvalue weighted by Crippen LogP contribution is -2.47. The first-order chi connectivity index (χ1) is 11.8. The van der Waals surface area contributed by atoms with Gasteiger partial charge in [-0.2, -0.15) is 4.31 Å². The molecule has 138 valence electrons. The Hall–Kier alpha value is -1.66. The number of hydrogen-bond acceptors (Lipinski definition) is 3. The molecule has 1 aromatic rings. The summed E-state index contributed by atoms with van der Waals surface area (Å²) in [7, 11) is -3.73. The predicted molar refractivity (Wildman–Crippen MR) is 99.7 cm³/mol. The molecule has 0 radical (unpaired) electrons. The van der Waals surface area contributed by atoms with Gasteiger partial charge in [-0.15, -0.1) is 6.58 Å². The zero-order valence-corrected chi connectivity index (χ0v) is 15.9.